The Balaban J connectivity index is 1.85. The zero-order chi connectivity index (χ0) is 14.8. The van der Waals surface area contributed by atoms with Crippen molar-refractivity contribution in [3.05, 3.63) is 63.6 Å². The highest BCUT2D eigenvalue weighted by Gasteiger charge is 2.19. The van der Waals surface area contributed by atoms with Crippen LogP contribution in [0.25, 0.3) is 0 Å². The molecule has 2 aromatic rings. The summed E-state index contributed by atoms with van der Waals surface area (Å²) in [6.45, 7) is 0. The maximum atomic E-state index is 11.0. The number of carboxylic acid groups (broad SMARTS) is 1. The number of benzene rings is 2. The maximum absolute atomic E-state index is 11.0. The van der Waals surface area contributed by atoms with Gasteiger partial charge in [-0.25, -0.2) is 4.79 Å². The molecule has 1 aliphatic rings. The summed E-state index contributed by atoms with van der Waals surface area (Å²) < 4.78 is 0.601. The van der Waals surface area contributed by atoms with E-state index in [1.54, 1.807) is 6.07 Å². The number of hydrogen-bond acceptors (Lipinski definition) is 2. The van der Waals surface area contributed by atoms with Crippen LogP contribution in [0, 0.1) is 0 Å². The molecule has 0 aromatic heterocycles. The van der Waals surface area contributed by atoms with Gasteiger partial charge >= 0.3 is 5.97 Å². The fraction of sp³-hybridized carbons (Fsp3) is 0.235. The number of halogens is 1. The van der Waals surface area contributed by atoms with E-state index in [0.717, 1.165) is 18.5 Å². The number of carbonyl (C=O) groups is 1. The predicted molar refractivity (Wildman–Crippen MR) is 86.8 cm³/mol. The van der Waals surface area contributed by atoms with Crippen LogP contribution in [0.2, 0.25) is 0 Å². The highest BCUT2D eigenvalue weighted by Crippen LogP contribution is 2.33. The molecule has 21 heavy (non-hydrogen) atoms. The molecular weight excluding hydrogens is 330 g/mol. The molecule has 1 unspecified atom stereocenters. The van der Waals surface area contributed by atoms with E-state index in [2.05, 4.69) is 45.5 Å². The Labute approximate surface area is 132 Å². The minimum atomic E-state index is -0.920. The van der Waals surface area contributed by atoms with Gasteiger partial charge in [-0.3, -0.25) is 0 Å². The SMILES string of the molecule is O=C(O)c1ccc(NC2CCCc3ccccc32)cc1Br. The van der Waals surface area contributed by atoms with Crippen molar-refractivity contribution >= 4 is 27.6 Å². The van der Waals surface area contributed by atoms with Gasteiger partial charge in [0, 0.05) is 10.2 Å². The Morgan fingerprint density at radius 1 is 1.24 bits per heavy atom. The molecule has 0 spiro atoms. The number of aromatic carboxylic acids is 1. The zero-order valence-electron chi connectivity index (χ0n) is 11.5. The number of fused-ring (bicyclic) bond motifs is 1. The molecule has 3 nitrogen and oxygen atoms in total. The number of nitrogens with one attached hydrogen (secondary N) is 1. The molecule has 0 saturated carbocycles. The minimum absolute atomic E-state index is 0.282. The van der Waals surface area contributed by atoms with Gasteiger partial charge in [0.15, 0.2) is 0 Å². The summed E-state index contributed by atoms with van der Waals surface area (Å²) in [4.78, 5) is 11.0. The normalized spacial score (nSPS) is 17.1. The van der Waals surface area contributed by atoms with Crippen molar-refractivity contribution in [3.8, 4) is 0 Å². The van der Waals surface area contributed by atoms with Crippen LogP contribution >= 0.6 is 15.9 Å². The van der Waals surface area contributed by atoms with E-state index in [-0.39, 0.29) is 11.6 Å². The molecular formula is C17H16BrNO2. The first-order chi connectivity index (χ1) is 10.1. The van der Waals surface area contributed by atoms with Crippen LogP contribution in [-0.4, -0.2) is 11.1 Å². The van der Waals surface area contributed by atoms with Crippen LogP contribution in [0.1, 0.15) is 40.4 Å². The monoisotopic (exact) mass is 345 g/mol. The minimum Gasteiger partial charge on any atom is -0.478 e. The molecule has 1 atom stereocenters. The van der Waals surface area contributed by atoms with Crippen molar-refractivity contribution in [2.75, 3.05) is 5.32 Å². The smallest absolute Gasteiger partial charge is 0.336 e. The first kappa shape index (κ1) is 14.1. The summed E-state index contributed by atoms with van der Waals surface area (Å²) in [7, 11) is 0. The van der Waals surface area contributed by atoms with Crippen molar-refractivity contribution in [1.29, 1.82) is 0 Å². The quantitative estimate of drug-likeness (QED) is 0.851. The lowest BCUT2D eigenvalue weighted by Crippen LogP contribution is -2.17. The molecule has 0 saturated heterocycles. The van der Waals surface area contributed by atoms with Crippen LogP contribution in [0.5, 0.6) is 0 Å². The van der Waals surface area contributed by atoms with Gasteiger partial charge in [0.05, 0.1) is 11.6 Å². The topological polar surface area (TPSA) is 49.3 Å². The fourth-order valence-electron chi connectivity index (χ4n) is 2.88. The summed E-state index contributed by atoms with van der Waals surface area (Å²) in [5.41, 5.74) is 3.97. The Morgan fingerprint density at radius 3 is 2.81 bits per heavy atom. The predicted octanol–water partition coefficient (Wildman–Crippen LogP) is 4.64. The Morgan fingerprint density at radius 2 is 2.05 bits per heavy atom. The van der Waals surface area contributed by atoms with Gasteiger partial charge in [-0.15, -0.1) is 0 Å². The molecule has 2 aromatic carbocycles. The van der Waals surface area contributed by atoms with Crippen LogP contribution < -0.4 is 5.32 Å². The molecule has 0 bridgehead atoms. The van der Waals surface area contributed by atoms with Crippen molar-refractivity contribution in [2.45, 2.75) is 25.3 Å². The second-order valence-corrected chi connectivity index (χ2v) is 6.14. The van der Waals surface area contributed by atoms with E-state index in [4.69, 9.17) is 5.11 Å². The second kappa shape index (κ2) is 5.90. The van der Waals surface area contributed by atoms with Crippen LogP contribution in [0.15, 0.2) is 46.9 Å². The molecule has 0 heterocycles. The highest BCUT2D eigenvalue weighted by atomic mass is 79.9. The lowest BCUT2D eigenvalue weighted by atomic mass is 9.87. The van der Waals surface area contributed by atoms with E-state index in [9.17, 15) is 4.79 Å². The molecule has 3 rings (SSSR count). The lowest BCUT2D eigenvalue weighted by molar-refractivity contribution is 0.0696. The number of anilines is 1. The Hall–Kier alpha value is -1.81. The van der Waals surface area contributed by atoms with E-state index in [1.165, 1.54) is 17.5 Å². The van der Waals surface area contributed by atoms with E-state index >= 15 is 0 Å². The fourth-order valence-corrected chi connectivity index (χ4v) is 3.43. The van der Waals surface area contributed by atoms with E-state index < -0.39 is 5.97 Å². The molecule has 1 aliphatic carbocycles. The zero-order valence-corrected chi connectivity index (χ0v) is 13.1. The van der Waals surface area contributed by atoms with Gasteiger partial charge in [0.1, 0.15) is 0 Å². The molecule has 108 valence electrons. The van der Waals surface area contributed by atoms with Crippen molar-refractivity contribution < 1.29 is 9.90 Å². The first-order valence-corrected chi connectivity index (χ1v) is 7.81. The molecule has 0 amide bonds. The summed E-state index contributed by atoms with van der Waals surface area (Å²) >= 11 is 3.32. The van der Waals surface area contributed by atoms with Gasteiger partial charge in [-0.1, -0.05) is 24.3 Å². The van der Waals surface area contributed by atoms with Crippen LogP contribution in [0.3, 0.4) is 0 Å². The molecule has 0 fully saturated rings. The van der Waals surface area contributed by atoms with Gasteiger partial charge < -0.3 is 10.4 Å². The third kappa shape index (κ3) is 2.95. The van der Waals surface area contributed by atoms with Crippen molar-refractivity contribution in [3.63, 3.8) is 0 Å². The third-order valence-corrected chi connectivity index (χ3v) is 4.57. The van der Waals surface area contributed by atoms with Gasteiger partial charge in [-0.2, -0.15) is 0 Å². The van der Waals surface area contributed by atoms with Gasteiger partial charge in [0.25, 0.3) is 0 Å². The Bertz CT molecular complexity index is 684. The van der Waals surface area contributed by atoms with Crippen LogP contribution in [0.4, 0.5) is 5.69 Å². The standard InChI is InChI=1S/C17H16BrNO2/c18-15-10-12(8-9-14(15)17(20)21)19-16-7-3-5-11-4-1-2-6-13(11)16/h1-2,4,6,8-10,16,19H,3,5,7H2,(H,20,21). The summed E-state index contributed by atoms with van der Waals surface area (Å²) in [5.74, 6) is -0.920. The molecule has 2 N–H and O–H groups in total. The number of aryl methyl sites for hydroxylation is 1. The maximum Gasteiger partial charge on any atom is 0.336 e. The average molecular weight is 346 g/mol. The summed E-state index contributed by atoms with van der Waals surface area (Å²) in [6.07, 6.45) is 3.40. The average Bonchev–Trinajstić information content (AvgIpc) is 2.47. The summed E-state index contributed by atoms with van der Waals surface area (Å²) in [6, 6.07) is 14.1. The van der Waals surface area contributed by atoms with Crippen molar-refractivity contribution in [1.82, 2.24) is 0 Å². The van der Waals surface area contributed by atoms with Crippen LogP contribution in [-0.2, 0) is 6.42 Å². The first-order valence-electron chi connectivity index (χ1n) is 7.02. The Kier molecular flexibility index (Phi) is 3.97. The lowest BCUT2D eigenvalue weighted by Gasteiger charge is -2.27. The highest BCUT2D eigenvalue weighted by molar-refractivity contribution is 9.10. The second-order valence-electron chi connectivity index (χ2n) is 5.29. The largest absolute Gasteiger partial charge is 0.478 e. The van der Waals surface area contributed by atoms with E-state index in [1.807, 2.05) is 12.1 Å². The van der Waals surface area contributed by atoms with E-state index in [0.29, 0.717) is 4.47 Å². The molecule has 0 radical (unpaired) electrons. The van der Waals surface area contributed by atoms with Gasteiger partial charge in [0.2, 0.25) is 0 Å². The van der Waals surface area contributed by atoms with Crippen molar-refractivity contribution in [2.24, 2.45) is 0 Å². The number of rotatable bonds is 3. The molecule has 0 aliphatic heterocycles. The summed E-state index contributed by atoms with van der Waals surface area (Å²) in [5, 5.41) is 12.6. The molecule has 4 heteroatoms. The number of hydrogen-bond donors (Lipinski definition) is 2. The third-order valence-electron chi connectivity index (χ3n) is 3.91. The number of carboxylic acids is 1. The van der Waals surface area contributed by atoms with Gasteiger partial charge in [-0.05, 0) is 64.5 Å².